The molecule has 0 aliphatic carbocycles. The molecule has 6 heteroatoms. The summed E-state index contributed by atoms with van der Waals surface area (Å²) >= 11 is 0. The SMILES string of the molecule is Cc1ccc(CN2CCC(C(=O)N[C@@H](C)c3ccc(S(C)(=O)=O)cc3)CC2)cc1. The fraction of sp³-hybridized carbons (Fsp3) is 0.435. The van der Waals surface area contributed by atoms with Crippen LogP contribution in [0.2, 0.25) is 0 Å². The number of rotatable bonds is 6. The Morgan fingerprint density at radius 3 is 2.21 bits per heavy atom. The first-order valence-electron chi connectivity index (χ1n) is 10.1. The smallest absolute Gasteiger partial charge is 0.223 e. The fourth-order valence-corrected chi connectivity index (χ4v) is 4.35. The summed E-state index contributed by atoms with van der Waals surface area (Å²) in [6.45, 7) is 6.79. The topological polar surface area (TPSA) is 66.5 Å². The molecule has 1 heterocycles. The first-order chi connectivity index (χ1) is 13.7. The Hall–Kier alpha value is -2.18. The molecule has 1 aliphatic heterocycles. The molecule has 1 aliphatic rings. The quantitative estimate of drug-likeness (QED) is 0.786. The van der Waals surface area contributed by atoms with Crippen LogP contribution in [0.1, 0.15) is 42.5 Å². The largest absolute Gasteiger partial charge is 0.349 e. The van der Waals surface area contributed by atoms with E-state index in [0.29, 0.717) is 4.90 Å². The molecule has 1 saturated heterocycles. The maximum Gasteiger partial charge on any atom is 0.223 e. The van der Waals surface area contributed by atoms with E-state index in [9.17, 15) is 13.2 Å². The molecule has 0 saturated carbocycles. The fourth-order valence-electron chi connectivity index (χ4n) is 3.72. The van der Waals surface area contributed by atoms with Crippen molar-refractivity contribution in [3.8, 4) is 0 Å². The molecule has 0 aromatic heterocycles. The Morgan fingerprint density at radius 1 is 1.07 bits per heavy atom. The first kappa shape index (κ1) is 21.5. The van der Waals surface area contributed by atoms with E-state index < -0.39 is 9.84 Å². The molecule has 29 heavy (non-hydrogen) atoms. The van der Waals surface area contributed by atoms with Gasteiger partial charge < -0.3 is 5.32 Å². The second-order valence-corrected chi connectivity index (χ2v) is 10.1. The molecule has 3 rings (SSSR count). The van der Waals surface area contributed by atoms with Crippen LogP contribution >= 0.6 is 0 Å². The highest BCUT2D eigenvalue weighted by molar-refractivity contribution is 7.90. The number of carbonyl (C=O) groups excluding carboxylic acids is 1. The van der Waals surface area contributed by atoms with E-state index in [1.807, 2.05) is 6.92 Å². The van der Waals surface area contributed by atoms with Gasteiger partial charge >= 0.3 is 0 Å². The van der Waals surface area contributed by atoms with Crippen LogP contribution in [0.5, 0.6) is 0 Å². The van der Waals surface area contributed by atoms with E-state index >= 15 is 0 Å². The summed E-state index contributed by atoms with van der Waals surface area (Å²) in [4.78, 5) is 15.4. The molecular formula is C23H30N2O3S. The van der Waals surface area contributed by atoms with Crippen LogP contribution < -0.4 is 5.32 Å². The van der Waals surface area contributed by atoms with Crippen LogP contribution in [-0.2, 0) is 21.2 Å². The van der Waals surface area contributed by atoms with Crippen molar-refractivity contribution in [3.63, 3.8) is 0 Å². The number of sulfone groups is 1. The molecule has 0 radical (unpaired) electrons. The van der Waals surface area contributed by atoms with Crippen molar-refractivity contribution in [2.45, 2.75) is 44.2 Å². The predicted molar refractivity (Wildman–Crippen MR) is 115 cm³/mol. The maximum absolute atomic E-state index is 12.7. The van der Waals surface area contributed by atoms with Crippen LogP contribution in [0.4, 0.5) is 0 Å². The second kappa shape index (κ2) is 9.09. The maximum atomic E-state index is 12.7. The summed E-state index contributed by atoms with van der Waals surface area (Å²) in [6, 6.07) is 15.2. The number of aryl methyl sites for hydroxylation is 1. The molecular weight excluding hydrogens is 384 g/mol. The number of nitrogens with zero attached hydrogens (tertiary/aromatic N) is 1. The van der Waals surface area contributed by atoms with Crippen molar-refractivity contribution in [1.29, 1.82) is 0 Å². The summed E-state index contributed by atoms with van der Waals surface area (Å²) in [7, 11) is -3.21. The van der Waals surface area contributed by atoms with Gasteiger partial charge in [-0.25, -0.2) is 8.42 Å². The van der Waals surface area contributed by atoms with Crippen molar-refractivity contribution in [1.82, 2.24) is 10.2 Å². The number of hydrogen-bond donors (Lipinski definition) is 1. The van der Waals surface area contributed by atoms with Crippen molar-refractivity contribution >= 4 is 15.7 Å². The summed E-state index contributed by atoms with van der Waals surface area (Å²) in [6.07, 6.45) is 2.91. The van der Waals surface area contributed by atoms with Gasteiger partial charge in [0.25, 0.3) is 0 Å². The average Bonchev–Trinajstić information content (AvgIpc) is 2.69. The molecule has 0 spiro atoms. The van der Waals surface area contributed by atoms with Crippen LogP contribution in [-0.4, -0.2) is 38.6 Å². The predicted octanol–water partition coefficient (Wildman–Crippen LogP) is 3.49. The van der Waals surface area contributed by atoms with Gasteiger partial charge in [0.2, 0.25) is 5.91 Å². The van der Waals surface area contributed by atoms with Crippen LogP contribution in [0.15, 0.2) is 53.4 Å². The van der Waals surface area contributed by atoms with Crippen molar-refractivity contribution < 1.29 is 13.2 Å². The molecule has 2 aromatic rings. The van der Waals surface area contributed by atoms with Gasteiger partial charge in [0, 0.05) is 18.7 Å². The zero-order valence-corrected chi connectivity index (χ0v) is 18.2. The average molecular weight is 415 g/mol. The van der Waals surface area contributed by atoms with Crippen molar-refractivity contribution in [3.05, 3.63) is 65.2 Å². The number of likely N-dealkylation sites (tertiary alicyclic amines) is 1. The molecule has 156 valence electrons. The molecule has 2 aromatic carbocycles. The van der Waals surface area contributed by atoms with Crippen LogP contribution in [0, 0.1) is 12.8 Å². The van der Waals surface area contributed by atoms with E-state index in [1.165, 1.54) is 17.4 Å². The zero-order chi connectivity index (χ0) is 21.0. The first-order valence-corrected chi connectivity index (χ1v) is 12.0. The second-order valence-electron chi connectivity index (χ2n) is 8.11. The number of piperidine rings is 1. The summed E-state index contributed by atoms with van der Waals surface area (Å²) < 4.78 is 23.2. The highest BCUT2D eigenvalue weighted by Crippen LogP contribution is 2.22. The highest BCUT2D eigenvalue weighted by Gasteiger charge is 2.26. The van der Waals surface area contributed by atoms with Crippen molar-refractivity contribution in [2.75, 3.05) is 19.3 Å². The Labute approximate surface area is 174 Å². The lowest BCUT2D eigenvalue weighted by Gasteiger charge is -2.32. The van der Waals surface area contributed by atoms with E-state index in [1.54, 1.807) is 24.3 Å². The van der Waals surface area contributed by atoms with Gasteiger partial charge in [-0.1, -0.05) is 42.0 Å². The highest BCUT2D eigenvalue weighted by atomic mass is 32.2. The minimum atomic E-state index is -3.21. The van der Waals surface area contributed by atoms with Gasteiger partial charge in [-0.2, -0.15) is 0 Å². The Balaban J connectivity index is 1.49. The molecule has 0 bridgehead atoms. The van der Waals surface area contributed by atoms with E-state index in [0.717, 1.165) is 38.0 Å². The number of benzene rings is 2. The van der Waals surface area contributed by atoms with Gasteiger partial charge in [-0.05, 0) is 63.0 Å². The third-order valence-corrected chi connectivity index (χ3v) is 6.78. The Bertz CT molecular complexity index is 929. The molecule has 1 amide bonds. The van der Waals surface area contributed by atoms with E-state index in [2.05, 4.69) is 41.4 Å². The lowest BCUT2D eigenvalue weighted by molar-refractivity contribution is -0.127. The number of hydrogen-bond acceptors (Lipinski definition) is 4. The molecule has 0 unspecified atom stereocenters. The van der Waals surface area contributed by atoms with Crippen LogP contribution in [0.25, 0.3) is 0 Å². The van der Waals surface area contributed by atoms with Gasteiger partial charge in [0.15, 0.2) is 9.84 Å². The third-order valence-electron chi connectivity index (χ3n) is 5.65. The minimum Gasteiger partial charge on any atom is -0.349 e. The molecule has 1 fully saturated rings. The lowest BCUT2D eigenvalue weighted by Crippen LogP contribution is -2.40. The molecule has 5 nitrogen and oxygen atoms in total. The molecule has 1 atom stereocenters. The van der Waals surface area contributed by atoms with Gasteiger partial charge in [-0.15, -0.1) is 0 Å². The van der Waals surface area contributed by atoms with Gasteiger partial charge in [0.05, 0.1) is 10.9 Å². The Morgan fingerprint density at radius 2 is 1.66 bits per heavy atom. The van der Waals surface area contributed by atoms with Gasteiger partial charge in [-0.3, -0.25) is 9.69 Å². The molecule has 1 N–H and O–H groups in total. The monoisotopic (exact) mass is 414 g/mol. The number of nitrogens with one attached hydrogen (secondary N) is 1. The number of amides is 1. The minimum absolute atomic E-state index is 0.0296. The summed E-state index contributed by atoms with van der Waals surface area (Å²) in [5, 5.41) is 3.09. The van der Waals surface area contributed by atoms with Crippen molar-refractivity contribution in [2.24, 2.45) is 5.92 Å². The van der Waals surface area contributed by atoms with Crippen LogP contribution in [0.3, 0.4) is 0 Å². The normalized spacial score (nSPS) is 17.1. The lowest BCUT2D eigenvalue weighted by atomic mass is 9.94. The zero-order valence-electron chi connectivity index (χ0n) is 17.4. The third kappa shape index (κ3) is 5.90. The van der Waals surface area contributed by atoms with E-state index in [-0.39, 0.29) is 17.9 Å². The standard InChI is InChI=1S/C23H30N2O3S/c1-17-4-6-19(7-5-17)16-25-14-12-21(13-15-25)23(26)24-18(2)20-8-10-22(11-9-20)29(3,27)28/h4-11,18,21H,12-16H2,1-3H3,(H,24,26)/t18-/m0/s1. The summed E-state index contributed by atoms with van der Waals surface area (Å²) in [5.74, 6) is 0.113. The van der Waals surface area contributed by atoms with E-state index in [4.69, 9.17) is 0 Å². The van der Waals surface area contributed by atoms with Gasteiger partial charge in [0.1, 0.15) is 0 Å². The summed E-state index contributed by atoms with van der Waals surface area (Å²) in [5.41, 5.74) is 3.48. The Kier molecular flexibility index (Phi) is 6.75. The number of carbonyl (C=O) groups is 1.